The maximum Gasteiger partial charge on any atom is 0.0247 e. The van der Waals surface area contributed by atoms with Gasteiger partial charge in [-0.25, -0.2) is 0 Å². The van der Waals surface area contributed by atoms with Gasteiger partial charge in [-0.3, -0.25) is 9.80 Å². The molecule has 86 valence electrons. The first-order valence-corrected chi connectivity index (χ1v) is 6.56. The van der Waals surface area contributed by atoms with Gasteiger partial charge in [0.15, 0.2) is 0 Å². The van der Waals surface area contributed by atoms with Gasteiger partial charge in [-0.05, 0) is 38.1 Å². The molecule has 1 aliphatic carbocycles. The van der Waals surface area contributed by atoms with Crippen LogP contribution in [0.15, 0.2) is 0 Å². The Morgan fingerprint density at radius 2 is 2.00 bits per heavy atom. The second-order valence-electron chi connectivity index (χ2n) is 5.47. The van der Waals surface area contributed by atoms with Crippen LogP contribution >= 0.6 is 0 Å². The molecule has 0 aromatic carbocycles. The summed E-state index contributed by atoms with van der Waals surface area (Å²) in [5.74, 6) is 0.933. The average Bonchev–Trinajstić information content (AvgIpc) is 2.97. The highest BCUT2D eigenvalue weighted by Crippen LogP contribution is 2.36. The number of rotatable bonds is 3. The molecule has 3 aliphatic rings. The zero-order chi connectivity index (χ0) is 10.3. The second kappa shape index (κ2) is 4.04. The van der Waals surface area contributed by atoms with E-state index in [1.165, 1.54) is 51.9 Å². The minimum atomic E-state index is 0.702. The van der Waals surface area contributed by atoms with Gasteiger partial charge < -0.3 is 5.73 Å². The van der Waals surface area contributed by atoms with Crippen molar-refractivity contribution in [3.05, 3.63) is 0 Å². The van der Waals surface area contributed by atoms with Gasteiger partial charge in [0, 0.05) is 38.3 Å². The Labute approximate surface area is 92.6 Å². The lowest BCUT2D eigenvalue weighted by molar-refractivity contribution is 0.0664. The van der Waals surface area contributed by atoms with E-state index >= 15 is 0 Å². The summed E-state index contributed by atoms with van der Waals surface area (Å²) < 4.78 is 0. The molecule has 3 heteroatoms. The number of nitrogens with two attached hydrogens (primary N) is 1. The molecule has 0 aromatic heterocycles. The summed E-state index contributed by atoms with van der Waals surface area (Å²) in [7, 11) is 0. The summed E-state index contributed by atoms with van der Waals surface area (Å²) in [5, 5.41) is 0. The molecule has 2 heterocycles. The maximum atomic E-state index is 5.93. The molecule has 0 spiro atoms. The lowest BCUT2D eigenvalue weighted by atomic mass is 10.1. The zero-order valence-corrected chi connectivity index (χ0v) is 9.57. The number of piperazine rings is 1. The van der Waals surface area contributed by atoms with E-state index in [1.807, 2.05) is 0 Å². The Bertz CT molecular complexity index is 227. The van der Waals surface area contributed by atoms with Crippen LogP contribution in [0.5, 0.6) is 0 Å². The van der Waals surface area contributed by atoms with Crippen LogP contribution in [-0.2, 0) is 0 Å². The van der Waals surface area contributed by atoms with E-state index in [4.69, 9.17) is 5.73 Å². The fraction of sp³-hybridized carbons (Fsp3) is 1.00. The fourth-order valence-electron chi connectivity index (χ4n) is 3.44. The summed E-state index contributed by atoms with van der Waals surface area (Å²) in [6, 6.07) is 1.55. The van der Waals surface area contributed by atoms with Crippen molar-refractivity contribution in [2.75, 3.05) is 32.7 Å². The number of hydrogen-bond donors (Lipinski definition) is 1. The van der Waals surface area contributed by atoms with Crippen LogP contribution in [0.4, 0.5) is 0 Å². The quantitative estimate of drug-likeness (QED) is 0.735. The number of hydrogen-bond acceptors (Lipinski definition) is 3. The Balaban J connectivity index is 1.61. The van der Waals surface area contributed by atoms with Gasteiger partial charge in [0.05, 0.1) is 0 Å². The molecular formula is C12H23N3. The summed E-state index contributed by atoms with van der Waals surface area (Å²) in [5.41, 5.74) is 5.93. The van der Waals surface area contributed by atoms with E-state index in [-0.39, 0.29) is 0 Å². The first-order valence-electron chi connectivity index (χ1n) is 6.56. The molecule has 1 saturated carbocycles. The van der Waals surface area contributed by atoms with Crippen molar-refractivity contribution in [2.45, 2.75) is 37.8 Å². The number of nitrogens with zero attached hydrogens (tertiary/aromatic N) is 2. The highest BCUT2D eigenvalue weighted by molar-refractivity contribution is 4.94. The molecule has 3 rings (SSSR count). The predicted molar refractivity (Wildman–Crippen MR) is 61.7 cm³/mol. The van der Waals surface area contributed by atoms with Crippen LogP contribution in [0.2, 0.25) is 0 Å². The van der Waals surface area contributed by atoms with Gasteiger partial charge in [0.1, 0.15) is 0 Å². The lowest BCUT2D eigenvalue weighted by Gasteiger charge is -2.41. The topological polar surface area (TPSA) is 32.5 Å². The van der Waals surface area contributed by atoms with Gasteiger partial charge in [-0.2, -0.15) is 0 Å². The molecular weight excluding hydrogens is 186 g/mol. The molecule has 0 radical (unpaired) electrons. The van der Waals surface area contributed by atoms with Gasteiger partial charge in [0.2, 0.25) is 0 Å². The fourth-order valence-corrected chi connectivity index (χ4v) is 3.44. The Hall–Kier alpha value is -0.120. The second-order valence-corrected chi connectivity index (χ2v) is 5.47. The van der Waals surface area contributed by atoms with Gasteiger partial charge in [-0.15, -0.1) is 0 Å². The molecule has 3 fully saturated rings. The van der Waals surface area contributed by atoms with Gasteiger partial charge in [-0.1, -0.05) is 0 Å². The summed E-state index contributed by atoms with van der Waals surface area (Å²) in [4.78, 5) is 5.36. The average molecular weight is 209 g/mol. The molecule has 2 aliphatic heterocycles. The molecule has 3 nitrogen and oxygen atoms in total. The molecule has 0 amide bonds. The molecule has 2 saturated heterocycles. The first-order chi connectivity index (χ1) is 7.38. The third-order valence-electron chi connectivity index (χ3n) is 4.50. The van der Waals surface area contributed by atoms with E-state index in [2.05, 4.69) is 9.80 Å². The summed E-state index contributed by atoms with van der Waals surface area (Å²) >= 11 is 0. The van der Waals surface area contributed by atoms with Crippen molar-refractivity contribution >= 4 is 0 Å². The molecule has 0 aromatic rings. The van der Waals surface area contributed by atoms with E-state index in [1.54, 1.807) is 0 Å². The standard InChI is InChI=1S/C12H23N3/c13-8-12(10-3-4-10)15-7-6-14-5-1-2-11(14)9-15/h10-12H,1-9,13H2. The minimum absolute atomic E-state index is 0.702. The third-order valence-corrected chi connectivity index (χ3v) is 4.50. The number of fused-ring (bicyclic) bond motifs is 1. The Morgan fingerprint density at radius 3 is 2.73 bits per heavy atom. The highest BCUT2D eigenvalue weighted by atomic mass is 15.3. The normalized spacial score (nSPS) is 35.4. The van der Waals surface area contributed by atoms with E-state index in [9.17, 15) is 0 Å². The third kappa shape index (κ3) is 1.93. The van der Waals surface area contributed by atoms with Gasteiger partial charge >= 0.3 is 0 Å². The molecule has 0 bridgehead atoms. The maximum absolute atomic E-state index is 5.93. The first kappa shape index (κ1) is 10.1. The SMILES string of the molecule is NCC(C1CC1)N1CCN2CCCC2C1. The predicted octanol–water partition coefficient (Wildman–Crippen LogP) is 0.504. The smallest absolute Gasteiger partial charge is 0.0247 e. The highest BCUT2D eigenvalue weighted by Gasteiger charge is 2.38. The largest absolute Gasteiger partial charge is 0.329 e. The Morgan fingerprint density at radius 1 is 1.13 bits per heavy atom. The van der Waals surface area contributed by atoms with Crippen LogP contribution in [0.1, 0.15) is 25.7 Å². The van der Waals surface area contributed by atoms with Crippen molar-refractivity contribution in [1.29, 1.82) is 0 Å². The summed E-state index contributed by atoms with van der Waals surface area (Å²) in [6.45, 7) is 6.05. The molecule has 15 heavy (non-hydrogen) atoms. The van der Waals surface area contributed by atoms with Crippen molar-refractivity contribution in [1.82, 2.24) is 9.80 Å². The summed E-state index contributed by atoms with van der Waals surface area (Å²) in [6.07, 6.45) is 5.67. The van der Waals surface area contributed by atoms with Crippen molar-refractivity contribution < 1.29 is 0 Å². The Kier molecular flexibility index (Phi) is 2.71. The van der Waals surface area contributed by atoms with E-state index in [0.29, 0.717) is 6.04 Å². The lowest BCUT2D eigenvalue weighted by Crippen LogP contribution is -2.55. The zero-order valence-electron chi connectivity index (χ0n) is 9.57. The van der Waals surface area contributed by atoms with Crippen LogP contribution < -0.4 is 5.73 Å². The van der Waals surface area contributed by atoms with Crippen LogP contribution in [0, 0.1) is 5.92 Å². The van der Waals surface area contributed by atoms with Crippen molar-refractivity contribution in [3.8, 4) is 0 Å². The molecule has 2 atom stereocenters. The van der Waals surface area contributed by atoms with E-state index < -0.39 is 0 Å². The van der Waals surface area contributed by atoms with E-state index in [0.717, 1.165) is 18.5 Å². The van der Waals surface area contributed by atoms with Crippen molar-refractivity contribution in [2.24, 2.45) is 11.7 Å². The monoisotopic (exact) mass is 209 g/mol. The van der Waals surface area contributed by atoms with Crippen molar-refractivity contribution in [3.63, 3.8) is 0 Å². The van der Waals surface area contributed by atoms with Crippen LogP contribution in [0.3, 0.4) is 0 Å². The van der Waals surface area contributed by atoms with Crippen LogP contribution in [0.25, 0.3) is 0 Å². The molecule has 2 N–H and O–H groups in total. The minimum Gasteiger partial charge on any atom is -0.329 e. The molecule has 2 unspecified atom stereocenters. The van der Waals surface area contributed by atoms with Crippen LogP contribution in [-0.4, -0.2) is 54.6 Å². The van der Waals surface area contributed by atoms with Gasteiger partial charge in [0.25, 0.3) is 0 Å².